The van der Waals surface area contributed by atoms with Crippen LogP contribution in [0.2, 0.25) is 0 Å². The number of aromatic nitrogens is 1. The van der Waals surface area contributed by atoms with E-state index in [4.69, 9.17) is 0 Å². The molecule has 0 atom stereocenters. The standard InChI is InChI=1S/C18H21N3O2/c1-13-5-3-4-6-16(13)15-7-9-20(10-8-15)18-11-14(2)17(12-19-18)21(22)23/h3-6,11-12,15H,7-10H2,1-2H3. The molecule has 5 heteroatoms. The van der Waals surface area contributed by atoms with Crippen LogP contribution in [0.3, 0.4) is 0 Å². The number of hydrogen-bond acceptors (Lipinski definition) is 4. The predicted octanol–water partition coefficient (Wildman–Crippen LogP) is 3.99. The lowest BCUT2D eigenvalue weighted by molar-refractivity contribution is -0.385. The molecule has 120 valence electrons. The van der Waals surface area contributed by atoms with E-state index in [-0.39, 0.29) is 10.6 Å². The molecule has 1 saturated heterocycles. The first-order valence-electron chi connectivity index (χ1n) is 7.98. The number of nitro groups is 1. The Balaban J connectivity index is 1.71. The van der Waals surface area contributed by atoms with Crippen molar-refractivity contribution in [3.05, 3.63) is 63.3 Å². The van der Waals surface area contributed by atoms with Crippen molar-refractivity contribution in [2.45, 2.75) is 32.6 Å². The van der Waals surface area contributed by atoms with Crippen LogP contribution in [0.4, 0.5) is 11.5 Å². The van der Waals surface area contributed by atoms with Crippen molar-refractivity contribution in [3.63, 3.8) is 0 Å². The van der Waals surface area contributed by atoms with Gasteiger partial charge in [-0.1, -0.05) is 24.3 Å². The number of nitrogens with zero attached hydrogens (tertiary/aromatic N) is 3. The molecule has 1 aromatic heterocycles. The molecule has 1 aromatic carbocycles. The Bertz CT molecular complexity index is 722. The summed E-state index contributed by atoms with van der Waals surface area (Å²) in [6, 6.07) is 10.4. The Morgan fingerprint density at radius 2 is 1.87 bits per heavy atom. The van der Waals surface area contributed by atoms with Crippen molar-refractivity contribution in [1.29, 1.82) is 0 Å². The molecule has 1 aliphatic rings. The third-order valence-electron chi connectivity index (χ3n) is 4.71. The minimum Gasteiger partial charge on any atom is -0.357 e. The number of piperidine rings is 1. The second-order valence-electron chi connectivity index (χ2n) is 6.20. The summed E-state index contributed by atoms with van der Waals surface area (Å²) in [5, 5.41) is 10.9. The fourth-order valence-electron chi connectivity index (χ4n) is 3.36. The fourth-order valence-corrected chi connectivity index (χ4v) is 3.36. The van der Waals surface area contributed by atoms with E-state index in [1.807, 2.05) is 6.07 Å². The highest BCUT2D eigenvalue weighted by Gasteiger charge is 2.23. The van der Waals surface area contributed by atoms with Gasteiger partial charge in [-0.05, 0) is 49.8 Å². The number of aryl methyl sites for hydroxylation is 2. The Morgan fingerprint density at radius 1 is 1.17 bits per heavy atom. The van der Waals surface area contributed by atoms with Crippen LogP contribution in [0.15, 0.2) is 36.5 Å². The Labute approximate surface area is 136 Å². The van der Waals surface area contributed by atoms with Crippen LogP contribution in [-0.4, -0.2) is 23.0 Å². The van der Waals surface area contributed by atoms with Crippen LogP contribution in [0.5, 0.6) is 0 Å². The summed E-state index contributed by atoms with van der Waals surface area (Å²) in [5.41, 5.74) is 3.56. The summed E-state index contributed by atoms with van der Waals surface area (Å²) in [4.78, 5) is 17.0. The molecular weight excluding hydrogens is 290 g/mol. The van der Waals surface area contributed by atoms with Gasteiger partial charge in [0.15, 0.2) is 0 Å². The van der Waals surface area contributed by atoms with Crippen LogP contribution in [0, 0.1) is 24.0 Å². The first kappa shape index (κ1) is 15.5. The van der Waals surface area contributed by atoms with Crippen molar-refractivity contribution in [2.75, 3.05) is 18.0 Å². The summed E-state index contributed by atoms with van der Waals surface area (Å²) < 4.78 is 0. The number of anilines is 1. The quantitative estimate of drug-likeness (QED) is 0.635. The van der Waals surface area contributed by atoms with E-state index in [0.29, 0.717) is 11.5 Å². The van der Waals surface area contributed by atoms with Crippen LogP contribution >= 0.6 is 0 Å². The van der Waals surface area contributed by atoms with Gasteiger partial charge in [0.2, 0.25) is 0 Å². The van der Waals surface area contributed by atoms with E-state index in [1.165, 1.54) is 17.3 Å². The first-order valence-corrected chi connectivity index (χ1v) is 7.98. The van der Waals surface area contributed by atoms with Crippen molar-refractivity contribution in [1.82, 2.24) is 4.98 Å². The highest BCUT2D eigenvalue weighted by Crippen LogP contribution is 2.32. The SMILES string of the molecule is Cc1ccccc1C1CCN(c2cc(C)c([N+](=O)[O-])cn2)CC1. The maximum Gasteiger partial charge on any atom is 0.290 e. The monoisotopic (exact) mass is 311 g/mol. The van der Waals surface area contributed by atoms with Crippen LogP contribution in [0.25, 0.3) is 0 Å². The zero-order chi connectivity index (χ0) is 16.4. The molecular formula is C18H21N3O2. The van der Waals surface area contributed by atoms with Crippen LogP contribution in [0.1, 0.15) is 35.4 Å². The number of rotatable bonds is 3. The van der Waals surface area contributed by atoms with Gasteiger partial charge in [-0.2, -0.15) is 0 Å². The zero-order valence-corrected chi connectivity index (χ0v) is 13.5. The van der Waals surface area contributed by atoms with Gasteiger partial charge in [0, 0.05) is 18.7 Å². The number of benzene rings is 1. The molecule has 0 radical (unpaired) electrons. The predicted molar refractivity (Wildman–Crippen MR) is 91.0 cm³/mol. The minimum atomic E-state index is -0.378. The lowest BCUT2D eigenvalue weighted by Crippen LogP contribution is -2.33. The van der Waals surface area contributed by atoms with Crippen molar-refractivity contribution >= 4 is 11.5 Å². The highest BCUT2D eigenvalue weighted by molar-refractivity contribution is 5.49. The summed E-state index contributed by atoms with van der Waals surface area (Å²) in [6.07, 6.45) is 3.54. The van der Waals surface area contributed by atoms with Gasteiger partial charge in [0.1, 0.15) is 12.0 Å². The smallest absolute Gasteiger partial charge is 0.290 e. The lowest BCUT2D eigenvalue weighted by Gasteiger charge is -2.33. The van der Waals surface area contributed by atoms with E-state index in [1.54, 1.807) is 6.92 Å². The molecule has 2 heterocycles. The van der Waals surface area contributed by atoms with E-state index < -0.39 is 0 Å². The van der Waals surface area contributed by atoms with Gasteiger partial charge in [-0.15, -0.1) is 0 Å². The average Bonchev–Trinajstić information content (AvgIpc) is 2.55. The van der Waals surface area contributed by atoms with E-state index >= 15 is 0 Å². The molecule has 3 rings (SSSR count). The fraction of sp³-hybridized carbons (Fsp3) is 0.389. The second-order valence-corrected chi connectivity index (χ2v) is 6.20. The van der Waals surface area contributed by atoms with E-state index in [9.17, 15) is 10.1 Å². The zero-order valence-electron chi connectivity index (χ0n) is 13.5. The molecule has 0 aliphatic carbocycles. The van der Waals surface area contributed by atoms with E-state index in [0.717, 1.165) is 31.7 Å². The molecule has 1 aliphatic heterocycles. The highest BCUT2D eigenvalue weighted by atomic mass is 16.6. The molecule has 2 aromatic rings. The van der Waals surface area contributed by atoms with Gasteiger partial charge < -0.3 is 4.90 Å². The van der Waals surface area contributed by atoms with Gasteiger partial charge in [-0.25, -0.2) is 4.98 Å². The number of hydrogen-bond donors (Lipinski definition) is 0. The summed E-state index contributed by atoms with van der Waals surface area (Å²) in [6.45, 7) is 5.80. The lowest BCUT2D eigenvalue weighted by atomic mass is 9.87. The summed E-state index contributed by atoms with van der Waals surface area (Å²) in [7, 11) is 0. The maximum absolute atomic E-state index is 10.9. The summed E-state index contributed by atoms with van der Waals surface area (Å²) >= 11 is 0. The van der Waals surface area contributed by atoms with E-state index in [2.05, 4.69) is 41.1 Å². The largest absolute Gasteiger partial charge is 0.357 e. The molecule has 0 spiro atoms. The Kier molecular flexibility index (Phi) is 4.28. The van der Waals surface area contributed by atoms with Crippen LogP contribution < -0.4 is 4.90 Å². The van der Waals surface area contributed by atoms with Gasteiger partial charge >= 0.3 is 0 Å². The third kappa shape index (κ3) is 3.18. The third-order valence-corrected chi connectivity index (χ3v) is 4.71. The molecule has 5 nitrogen and oxygen atoms in total. The normalized spacial score (nSPS) is 15.7. The minimum absolute atomic E-state index is 0.0866. The second kappa shape index (κ2) is 6.36. The van der Waals surface area contributed by atoms with Gasteiger partial charge in [0.25, 0.3) is 5.69 Å². The summed E-state index contributed by atoms with van der Waals surface area (Å²) in [5.74, 6) is 1.43. The Morgan fingerprint density at radius 3 is 2.48 bits per heavy atom. The molecule has 23 heavy (non-hydrogen) atoms. The van der Waals surface area contributed by atoms with Crippen molar-refractivity contribution in [2.24, 2.45) is 0 Å². The van der Waals surface area contributed by atoms with Gasteiger partial charge in [-0.3, -0.25) is 10.1 Å². The van der Waals surface area contributed by atoms with Crippen molar-refractivity contribution in [3.8, 4) is 0 Å². The van der Waals surface area contributed by atoms with Crippen molar-refractivity contribution < 1.29 is 4.92 Å². The molecule has 0 unspecified atom stereocenters. The molecule has 0 bridgehead atoms. The molecule has 0 saturated carbocycles. The maximum atomic E-state index is 10.9. The molecule has 0 amide bonds. The first-order chi connectivity index (χ1) is 11.1. The molecule has 1 fully saturated rings. The average molecular weight is 311 g/mol. The Hall–Kier alpha value is -2.43. The van der Waals surface area contributed by atoms with Crippen LogP contribution in [-0.2, 0) is 0 Å². The number of pyridine rings is 1. The van der Waals surface area contributed by atoms with Gasteiger partial charge in [0.05, 0.1) is 4.92 Å². The molecule has 0 N–H and O–H groups in total. The topological polar surface area (TPSA) is 59.3 Å².